The largest absolute Gasteiger partial charge is 0.368 e. The Hall–Kier alpha value is -4.13. The monoisotopic (exact) mass is 369 g/mol. The summed E-state index contributed by atoms with van der Waals surface area (Å²) in [5, 5.41) is 15.8. The third-order valence-electron chi connectivity index (χ3n) is 4.05. The summed E-state index contributed by atoms with van der Waals surface area (Å²) in [6.45, 7) is 0. The first kappa shape index (κ1) is 17.3. The number of aromatic nitrogens is 3. The normalized spacial score (nSPS) is 11.4. The lowest BCUT2D eigenvalue weighted by Gasteiger charge is -2.09. The first-order valence-corrected chi connectivity index (χ1v) is 8.76. The minimum absolute atomic E-state index is 0.222. The molecular formula is C21H19N7. The maximum Gasteiger partial charge on any atom is 0.242 e. The molecule has 4 rings (SSSR count). The van der Waals surface area contributed by atoms with Crippen molar-refractivity contribution < 1.29 is 0 Å². The molecule has 0 unspecified atom stereocenters. The average molecular weight is 369 g/mol. The zero-order valence-corrected chi connectivity index (χ0v) is 15.0. The maximum atomic E-state index is 7.97. The molecule has 0 atom stereocenters. The summed E-state index contributed by atoms with van der Waals surface area (Å²) in [4.78, 5) is 4.70. The van der Waals surface area contributed by atoms with Crippen molar-refractivity contribution in [3.63, 3.8) is 0 Å². The Bertz CT molecular complexity index is 1140. The van der Waals surface area contributed by atoms with E-state index in [9.17, 15) is 0 Å². The molecule has 7 nitrogen and oxygen atoms in total. The second-order valence-electron chi connectivity index (χ2n) is 6.03. The van der Waals surface area contributed by atoms with Crippen LogP contribution in [0.15, 0.2) is 96.0 Å². The summed E-state index contributed by atoms with van der Waals surface area (Å²) in [5.74, 6) is 0.280. The van der Waals surface area contributed by atoms with Gasteiger partial charge in [0.05, 0.1) is 11.4 Å². The van der Waals surface area contributed by atoms with Crippen molar-refractivity contribution in [1.29, 1.82) is 5.41 Å². The van der Waals surface area contributed by atoms with Gasteiger partial charge in [-0.3, -0.25) is 5.41 Å². The lowest BCUT2D eigenvalue weighted by Crippen LogP contribution is -2.35. The van der Waals surface area contributed by atoms with Crippen molar-refractivity contribution in [3.8, 4) is 5.69 Å². The van der Waals surface area contributed by atoms with Gasteiger partial charge in [0, 0.05) is 5.69 Å². The van der Waals surface area contributed by atoms with Gasteiger partial charge in [-0.15, -0.1) is 5.10 Å². The molecule has 0 spiro atoms. The van der Waals surface area contributed by atoms with Crippen LogP contribution in [-0.4, -0.2) is 20.3 Å². The molecule has 0 bridgehead atoms. The third kappa shape index (κ3) is 3.54. The fourth-order valence-corrected chi connectivity index (χ4v) is 2.80. The van der Waals surface area contributed by atoms with E-state index in [2.05, 4.69) is 10.4 Å². The minimum Gasteiger partial charge on any atom is -0.368 e. The number of hydrogen-bond donors (Lipinski definition) is 3. The van der Waals surface area contributed by atoms with E-state index < -0.39 is 0 Å². The van der Waals surface area contributed by atoms with Crippen molar-refractivity contribution in [2.24, 2.45) is 10.7 Å². The minimum atomic E-state index is -0.222. The van der Waals surface area contributed by atoms with Gasteiger partial charge in [-0.1, -0.05) is 54.6 Å². The zero-order chi connectivity index (χ0) is 19.3. The molecule has 4 N–H and O–H groups in total. The Morgan fingerprint density at radius 1 is 0.857 bits per heavy atom. The number of nitrogens with zero attached hydrogens (tertiary/aromatic N) is 4. The van der Waals surface area contributed by atoms with E-state index in [4.69, 9.17) is 16.1 Å². The molecule has 1 aromatic heterocycles. The van der Waals surface area contributed by atoms with E-state index >= 15 is 0 Å². The zero-order valence-electron chi connectivity index (χ0n) is 15.0. The maximum absolute atomic E-state index is 7.97. The van der Waals surface area contributed by atoms with Gasteiger partial charge in [-0.05, 0) is 36.4 Å². The van der Waals surface area contributed by atoms with E-state index in [0.717, 1.165) is 17.1 Å². The summed E-state index contributed by atoms with van der Waals surface area (Å²) >= 11 is 0. The average Bonchev–Trinajstić information content (AvgIpc) is 3.08. The molecule has 0 fully saturated rings. The molecule has 1 heterocycles. The van der Waals surface area contributed by atoms with Crippen LogP contribution in [0, 0.1) is 5.41 Å². The first-order chi connectivity index (χ1) is 13.7. The van der Waals surface area contributed by atoms with Crippen molar-refractivity contribution in [2.75, 3.05) is 5.32 Å². The summed E-state index contributed by atoms with van der Waals surface area (Å²) < 4.78 is 3.15. The molecule has 7 heteroatoms. The quantitative estimate of drug-likeness (QED) is 0.380. The molecule has 0 radical (unpaired) electrons. The van der Waals surface area contributed by atoms with Crippen LogP contribution in [-0.2, 0) is 0 Å². The molecule has 28 heavy (non-hydrogen) atoms. The highest BCUT2D eigenvalue weighted by molar-refractivity contribution is 5.76. The van der Waals surface area contributed by atoms with Gasteiger partial charge >= 0.3 is 0 Å². The highest BCUT2D eigenvalue weighted by Gasteiger charge is 2.15. The van der Waals surface area contributed by atoms with E-state index in [1.165, 1.54) is 4.68 Å². The van der Waals surface area contributed by atoms with E-state index in [-0.39, 0.29) is 5.96 Å². The summed E-state index contributed by atoms with van der Waals surface area (Å²) in [6.07, 6.45) is 0. The van der Waals surface area contributed by atoms with Crippen molar-refractivity contribution in [3.05, 3.63) is 96.6 Å². The van der Waals surface area contributed by atoms with Gasteiger partial charge in [-0.2, -0.15) is 4.68 Å². The predicted octanol–water partition coefficient (Wildman–Crippen LogP) is 3.39. The Morgan fingerprint density at radius 2 is 1.43 bits per heavy atom. The molecule has 138 valence electrons. The van der Waals surface area contributed by atoms with Gasteiger partial charge < -0.3 is 11.1 Å². The van der Waals surface area contributed by atoms with E-state index in [1.54, 1.807) is 0 Å². The van der Waals surface area contributed by atoms with Gasteiger partial charge in [0.15, 0.2) is 0 Å². The molecule has 4 aromatic rings. The van der Waals surface area contributed by atoms with Gasteiger partial charge in [-0.25, -0.2) is 9.56 Å². The number of nitrogens with two attached hydrogens (primary N) is 1. The van der Waals surface area contributed by atoms with Crippen LogP contribution in [0.3, 0.4) is 0 Å². The fraction of sp³-hybridized carbons (Fsp3) is 0. The summed E-state index contributed by atoms with van der Waals surface area (Å²) in [6, 6.07) is 28.9. The third-order valence-corrected chi connectivity index (χ3v) is 4.05. The lowest BCUT2D eigenvalue weighted by molar-refractivity contribution is 0.828. The van der Waals surface area contributed by atoms with Gasteiger partial charge in [0.2, 0.25) is 17.5 Å². The highest BCUT2D eigenvalue weighted by atomic mass is 15.5. The molecule has 0 aliphatic carbocycles. The van der Waals surface area contributed by atoms with Crippen LogP contribution in [0.4, 0.5) is 17.3 Å². The smallest absolute Gasteiger partial charge is 0.242 e. The number of para-hydroxylation sites is 3. The highest BCUT2D eigenvalue weighted by Crippen LogP contribution is 2.17. The second-order valence-corrected chi connectivity index (χ2v) is 6.03. The summed E-state index contributed by atoms with van der Waals surface area (Å²) in [5.41, 5.74) is 8.68. The topological polar surface area (TPSA) is 97.0 Å². The fourth-order valence-electron chi connectivity index (χ4n) is 2.80. The summed E-state index contributed by atoms with van der Waals surface area (Å²) in [7, 11) is 0. The molecule has 0 aliphatic heterocycles. The number of benzene rings is 3. The van der Waals surface area contributed by atoms with Crippen LogP contribution < -0.4 is 16.7 Å². The Morgan fingerprint density at radius 3 is 2.04 bits per heavy atom. The van der Waals surface area contributed by atoms with Crippen LogP contribution in [0.1, 0.15) is 0 Å². The van der Waals surface area contributed by atoms with Crippen molar-refractivity contribution in [2.45, 2.75) is 0 Å². The Labute approximate surface area is 161 Å². The predicted molar refractivity (Wildman–Crippen MR) is 110 cm³/mol. The molecule has 0 saturated heterocycles. The number of hydrogen-bond acceptors (Lipinski definition) is 4. The van der Waals surface area contributed by atoms with Crippen molar-refractivity contribution in [1.82, 2.24) is 14.3 Å². The molecule has 0 amide bonds. The molecular weight excluding hydrogens is 350 g/mol. The van der Waals surface area contributed by atoms with Crippen LogP contribution in [0.5, 0.6) is 0 Å². The van der Waals surface area contributed by atoms with Gasteiger partial charge in [0.25, 0.3) is 0 Å². The van der Waals surface area contributed by atoms with Crippen LogP contribution >= 0.6 is 0 Å². The molecule has 0 aliphatic rings. The Balaban J connectivity index is 1.98. The standard InChI is InChI=1S/C21H19N7/c22-19(23)28-21(25-17-12-6-2-7-13-17)27(18-14-8-3-9-15-18)20(26-28)24-16-10-4-1-5-11-16/h1-15H,(H3,22,23)(H,24,26). The van der Waals surface area contributed by atoms with Gasteiger partial charge in [0.1, 0.15) is 0 Å². The molecule has 3 aromatic carbocycles. The molecule has 0 saturated carbocycles. The Kier molecular flexibility index (Phi) is 4.71. The van der Waals surface area contributed by atoms with E-state index in [0.29, 0.717) is 11.6 Å². The van der Waals surface area contributed by atoms with Crippen molar-refractivity contribution >= 4 is 23.3 Å². The van der Waals surface area contributed by atoms with Crippen LogP contribution in [0.25, 0.3) is 5.69 Å². The number of nitrogens with one attached hydrogen (secondary N) is 2. The second kappa shape index (κ2) is 7.63. The first-order valence-electron chi connectivity index (χ1n) is 8.76. The number of anilines is 2. The lowest BCUT2D eigenvalue weighted by atomic mass is 10.3. The van der Waals surface area contributed by atoms with Crippen LogP contribution in [0.2, 0.25) is 0 Å². The van der Waals surface area contributed by atoms with E-state index in [1.807, 2.05) is 95.6 Å². The number of nitrogen functional groups attached to an aromatic ring is 1. The number of rotatable bonds is 4. The SMILES string of the molecule is N=C(N)n1nc(Nc2ccccc2)n(-c2ccccc2)c1=Nc1ccccc1.